The highest BCUT2D eigenvalue weighted by atomic mass is 32.2. The van der Waals surface area contributed by atoms with Gasteiger partial charge in [-0.1, -0.05) is 6.07 Å². The molecule has 0 fully saturated rings. The largest absolute Gasteiger partial charge is 0.328 e. The number of thioether (sulfide) groups is 1. The van der Waals surface area contributed by atoms with Crippen LogP contribution in [0.2, 0.25) is 0 Å². The second kappa shape index (κ2) is 5.04. The Hall–Kier alpha value is -0.470. The minimum absolute atomic E-state index is 0.326. The van der Waals surface area contributed by atoms with Crippen LogP contribution in [0, 0.1) is 0 Å². The number of benzene rings is 1. The van der Waals surface area contributed by atoms with E-state index in [-0.39, 0.29) is 0 Å². The maximum Gasteiger partial charge on any atom is 0.00748 e. The highest BCUT2D eigenvalue weighted by Gasteiger charge is 2.10. The van der Waals surface area contributed by atoms with Crippen molar-refractivity contribution in [1.29, 1.82) is 0 Å². The summed E-state index contributed by atoms with van der Waals surface area (Å²) < 4.78 is 0. The summed E-state index contributed by atoms with van der Waals surface area (Å²) in [7, 11) is 0. The number of rotatable bonds is 4. The Labute approximate surface area is 96.4 Å². The number of hydrogen-bond donors (Lipinski definition) is 1. The van der Waals surface area contributed by atoms with Crippen LogP contribution in [0.3, 0.4) is 0 Å². The second-order valence-corrected chi connectivity index (χ2v) is 5.57. The Kier molecular flexibility index (Phi) is 3.71. The third-order valence-electron chi connectivity index (χ3n) is 2.91. The third kappa shape index (κ3) is 2.99. The van der Waals surface area contributed by atoms with Crippen LogP contribution in [-0.4, -0.2) is 11.8 Å². The average molecular weight is 221 g/mol. The van der Waals surface area contributed by atoms with Crippen LogP contribution >= 0.6 is 11.8 Å². The molecule has 0 aromatic heterocycles. The van der Waals surface area contributed by atoms with E-state index in [2.05, 4.69) is 25.1 Å². The topological polar surface area (TPSA) is 26.0 Å². The number of hydrogen-bond acceptors (Lipinski definition) is 2. The second-order valence-electron chi connectivity index (χ2n) is 4.40. The molecule has 2 heteroatoms. The Balaban J connectivity index is 1.92. The fraction of sp³-hybridized carbons (Fsp3) is 0.538. The Morgan fingerprint density at radius 1 is 1.33 bits per heavy atom. The van der Waals surface area contributed by atoms with E-state index in [1.54, 1.807) is 11.1 Å². The lowest BCUT2D eigenvalue weighted by molar-refractivity contribution is 0.721. The van der Waals surface area contributed by atoms with Gasteiger partial charge in [0.1, 0.15) is 0 Å². The molecule has 0 amide bonds. The van der Waals surface area contributed by atoms with E-state index < -0.39 is 0 Å². The maximum absolute atomic E-state index is 5.73. The van der Waals surface area contributed by atoms with E-state index in [0.29, 0.717) is 6.04 Å². The molecule has 1 nitrogen and oxygen atoms in total. The van der Waals surface area contributed by atoms with Gasteiger partial charge in [0.05, 0.1) is 0 Å². The van der Waals surface area contributed by atoms with Crippen molar-refractivity contribution < 1.29 is 0 Å². The van der Waals surface area contributed by atoms with Crippen molar-refractivity contribution in [2.75, 3.05) is 5.75 Å². The highest BCUT2D eigenvalue weighted by Crippen LogP contribution is 2.27. The highest BCUT2D eigenvalue weighted by molar-refractivity contribution is 7.99. The molecule has 0 bridgehead atoms. The lowest BCUT2D eigenvalue weighted by atomic mass is 10.1. The summed E-state index contributed by atoms with van der Waals surface area (Å²) >= 11 is 1.93. The van der Waals surface area contributed by atoms with Crippen LogP contribution < -0.4 is 5.73 Å². The molecule has 2 N–H and O–H groups in total. The molecule has 82 valence electrons. The quantitative estimate of drug-likeness (QED) is 0.791. The lowest BCUT2D eigenvalue weighted by Gasteiger charge is -2.06. The molecule has 0 spiro atoms. The van der Waals surface area contributed by atoms with Crippen molar-refractivity contribution in [3.05, 3.63) is 29.3 Å². The summed E-state index contributed by atoms with van der Waals surface area (Å²) in [6, 6.07) is 7.26. The van der Waals surface area contributed by atoms with Gasteiger partial charge in [0.2, 0.25) is 0 Å². The molecule has 0 radical (unpaired) electrons. The molecular weight excluding hydrogens is 202 g/mol. The van der Waals surface area contributed by atoms with Crippen LogP contribution in [0.15, 0.2) is 23.1 Å². The van der Waals surface area contributed by atoms with Gasteiger partial charge in [0.25, 0.3) is 0 Å². The first-order valence-corrected chi connectivity index (χ1v) is 6.74. The molecule has 1 aliphatic carbocycles. The normalized spacial score (nSPS) is 16.4. The molecule has 1 aromatic rings. The van der Waals surface area contributed by atoms with Gasteiger partial charge in [-0.25, -0.2) is 0 Å². The van der Waals surface area contributed by atoms with E-state index in [9.17, 15) is 0 Å². The first-order valence-electron chi connectivity index (χ1n) is 5.76. The van der Waals surface area contributed by atoms with Crippen LogP contribution in [0.1, 0.15) is 30.9 Å². The van der Waals surface area contributed by atoms with Gasteiger partial charge in [-0.3, -0.25) is 0 Å². The summed E-state index contributed by atoms with van der Waals surface area (Å²) in [6.45, 7) is 2.07. The Bertz CT molecular complexity index is 333. The fourth-order valence-corrected chi connectivity index (χ4v) is 3.12. The van der Waals surface area contributed by atoms with Gasteiger partial charge in [-0.15, -0.1) is 11.8 Å². The van der Waals surface area contributed by atoms with Gasteiger partial charge in [0, 0.05) is 10.9 Å². The molecule has 0 aliphatic heterocycles. The zero-order valence-electron chi connectivity index (χ0n) is 9.33. The van der Waals surface area contributed by atoms with E-state index in [1.807, 2.05) is 11.8 Å². The summed E-state index contributed by atoms with van der Waals surface area (Å²) in [5, 5.41) is 0. The predicted octanol–water partition coefficient (Wildman–Crippen LogP) is 3.00. The molecule has 15 heavy (non-hydrogen) atoms. The predicted molar refractivity (Wildman–Crippen MR) is 67.5 cm³/mol. The number of nitrogens with two attached hydrogens (primary N) is 1. The van der Waals surface area contributed by atoms with Crippen LogP contribution in [0.5, 0.6) is 0 Å². The van der Waals surface area contributed by atoms with E-state index in [0.717, 1.165) is 12.2 Å². The van der Waals surface area contributed by atoms with Crippen molar-refractivity contribution in [1.82, 2.24) is 0 Å². The van der Waals surface area contributed by atoms with Crippen molar-refractivity contribution in [2.24, 2.45) is 5.73 Å². The third-order valence-corrected chi connectivity index (χ3v) is 3.94. The number of aryl methyl sites for hydroxylation is 2. The van der Waals surface area contributed by atoms with Gasteiger partial charge < -0.3 is 5.73 Å². The summed E-state index contributed by atoms with van der Waals surface area (Å²) in [5.74, 6) is 1.14. The molecule has 0 heterocycles. The lowest BCUT2D eigenvalue weighted by Crippen LogP contribution is -2.15. The van der Waals surface area contributed by atoms with Crippen LogP contribution in [0.4, 0.5) is 0 Å². The molecule has 2 rings (SSSR count). The first-order chi connectivity index (χ1) is 7.25. The average Bonchev–Trinajstić information content (AvgIpc) is 2.64. The van der Waals surface area contributed by atoms with Crippen LogP contribution in [0.25, 0.3) is 0 Å². The summed E-state index contributed by atoms with van der Waals surface area (Å²) in [6.07, 6.45) is 4.99. The fourth-order valence-electron chi connectivity index (χ4n) is 2.00. The standard InChI is InChI=1S/C13H19NS/c1-10(14)7-8-15-13-6-5-11-3-2-4-12(11)9-13/h5-6,9-10H,2-4,7-8,14H2,1H3. The molecular formula is C13H19NS. The number of fused-ring (bicyclic) bond motifs is 1. The summed E-state index contributed by atoms with van der Waals surface area (Å²) in [5.41, 5.74) is 8.87. The smallest absolute Gasteiger partial charge is 0.00748 e. The van der Waals surface area contributed by atoms with Crippen molar-refractivity contribution in [3.63, 3.8) is 0 Å². The molecule has 0 saturated carbocycles. The molecule has 1 unspecified atom stereocenters. The van der Waals surface area contributed by atoms with Crippen molar-refractivity contribution in [3.8, 4) is 0 Å². The molecule has 0 saturated heterocycles. The zero-order chi connectivity index (χ0) is 10.7. The molecule has 1 aromatic carbocycles. The SMILES string of the molecule is CC(N)CCSc1ccc2c(c1)CCC2. The van der Waals surface area contributed by atoms with Gasteiger partial charge >= 0.3 is 0 Å². The maximum atomic E-state index is 5.73. The van der Waals surface area contributed by atoms with Gasteiger partial charge in [-0.2, -0.15) is 0 Å². The van der Waals surface area contributed by atoms with Crippen molar-refractivity contribution >= 4 is 11.8 Å². The van der Waals surface area contributed by atoms with E-state index >= 15 is 0 Å². The van der Waals surface area contributed by atoms with E-state index in [4.69, 9.17) is 5.73 Å². The minimum atomic E-state index is 0.326. The summed E-state index contributed by atoms with van der Waals surface area (Å²) in [4.78, 5) is 1.41. The van der Waals surface area contributed by atoms with Gasteiger partial charge in [0.15, 0.2) is 0 Å². The zero-order valence-corrected chi connectivity index (χ0v) is 10.1. The molecule has 1 aliphatic rings. The first kappa shape index (κ1) is 11.0. The van der Waals surface area contributed by atoms with E-state index in [1.165, 1.54) is 24.2 Å². The van der Waals surface area contributed by atoms with Crippen molar-refractivity contribution in [2.45, 2.75) is 43.5 Å². The minimum Gasteiger partial charge on any atom is -0.328 e. The van der Waals surface area contributed by atoms with Gasteiger partial charge in [-0.05, 0) is 61.6 Å². The monoisotopic (exact) mass is 221 g/mol. The Morgan fingerprint density at radius 2 is 2.13 bits per heavy atom. The van der Waals surface area contributed by atoms with Crippen LogP contribution in [-0.2, 0) is 12.8 Å². The molecule has 1 atom stereocenters. The Morgan fingerprint density at radius 3 is 2.93 bits per heavy atom.